The molecule has 0 amide bonds. The van der Waals surface area contributed by atoms with Gasteiger partial charge in [-0.15, -0.1) is 0 Å². The molecule has 0 fully saturated rings. The zero-order chi connectivity index (χ0) is 9.14. The van der Waals surface area contributed by atoms with Crippen molar-refractivity contribution in [1.82, 2.24) is 0 Å². The van der Waals surface area contributed by atoms with Crippen LogP contribution in [0.3, 0.4) is 0 Å². The van der Waals surface area contributed by atoms with Gasteiger partial charge in [-0.3, -0.25) is 0 Å². The summed E-state index contributed by atoms with van der Waals surface area (Å²) in [6.45, 7) is 9.25. The Morgan fingerprint density at radius 1 is 1.42 bits per heavy atom. The van der Waals surface area contributed by atoms with Crippen LogP contribution in [0, 0.1) is 11.8 Å². The molecule has 0 radical (unpaired) electrons. The Hall–Kier alpha value is -0.260. The van der Waals surface area contributed by atoms with Crippen LogP contribution in [0.25, 0.3) is 0 Å². The van der Waals surface area contributed by atoms with Crippen molar-refractivity contribution >= 4 is 0 Å². The largest absolute Gasteiger partial charge is 0.0707 e. The quantitative estimate of drug-likeness (QED) is 0.550. The highest BCUT2D eigenvalue weighted by Gasteiger charge is 2.24. The number of allylic oxidation sites excluding steroid dienone is 2. The van der Waals surface area contributed by atoms with E-state index in [-0.39, 0.29) is 0 Å². The van der Waals surface area contributed by atoms with E-state index in [1.807, 2.05) is 0 Å². The fraction of sp³-hybridized carbons (Fsp3) is 0.833. The molecule has 0 saturated carbocycles. The maximum atomic E-state index is 2.33. The molecule has 0 aromatic carbocycles. The molecule has 0 aromatic rings. The van der Waals surface area contributed by atoms with E-state index in [1.54, 1.807) is 11.1 Å². The summed E-state index contributed by atoms with van der Waals surface area (Å²) in [5.74, 6) is 1.79. The van der Waals surface area contributed by atoms with Gasteiger partial charge in [-0.1, -0.05) is 38.3 Å². The highest BCUT2D eigenvalue weighted by molar-refractivity contribution is 5.26. The van der Waals surface area contributed by atoms with Crippen LogP contribution in [0.4, 0.5) is 0 Å². The minimum atomic E-state index is 0.845. The zero-order valence-electron chi connectivity index (χ0n) is 8.98. The molecule has 1 unspecified atom stereocenters. The molecule has 0 heteroatoms. The fourth-order valence-corrected chi connectivity index (χ4v) is 2.17. The second-order valence-electron chi connectivity index (χ2n) is 4.57. The van der Waals surface area contributed by atoms with E-state index in [9.17, 15) is 0 Å². The van der Waals surface area contributed by atoms with Crippen LogP contribution in [-0.2, 0) is 0 Å². The average Bonchev–Trinajstić information content (AvgIpc) is 2.02. The van der Waals surface area contributed by atoms with E-state index in [0.717, 1.165) is 11.8 Å². The molecule has 0 heterocycles. The van der Waals surface area contributed by atoms with Crippen LogP contribution in [0.2, 0.25) is 0 Å². The maximum absolute atomic E-state index is 2.33. The topological polar surface area (TPSA) is 0 Å². The standard InChI is InChI=1S/C12H22/c1-5-6-11-8-12(10(11)4)7-9(2)3/h9,11H,5-8H2,1-4H3. The van der Waals surface area contributed by atoms with E-state index in [0.29, 0.717) is 0 Å². The molecular formula is C12H22. The van der Waals surface area contributed by atoms with Crippen molar-refractivity contribution in [2.45, 2.75) is 53.4 Å². The van der Waals surface area contributed by atoms with E-state index in [4.69, 9.17) is 0 Å². The summed E-state index contributed by atoms with van der Waals surface area (Å²) < 4.78 is 0. The van der Waals surface area contributed by atoms with Crippen molar-refractivity contribution in [2.75, 3.05) is 0 Å². The van der Waals surface area contributed by atoms with Gasteiger partial charge < -0.3 is 0 Å². The number of rotatable bonds is 4. The Kier molecular flexibility index (Phi) is 3.37. The molecule has 1 rings (SSSR count). The van der Waals surface area contributed by atoms with Crippen LogP contribution in [0.5, 0.6) is 0 Å². The summed E-state index contributed by atoms with van der Waals surface area (Å²) in [6, 6.07) is 0. The third-order valence-electron chi connectivity index (χ3n) is 2.95. The van der Waals surface area contributed by atoms with Gasteiger partial charge in [-0.25, -0.2) is 0 Å². The first-order valence-corrected chi connectivity index (χ1v) is 5.33. The predicted octanol–water partition coefficient (Wildman–Crippen LogP) is 4.17. The van der Waals surface area contributed by atoms with Crippen LogP contribution in [-0.4, -0.2) is 0 Å². The van der Waals surface area contributed by atoms with E-state index in [1.165, 1.54) is 25.7 Å². The highest BCUT2D eigenvalue weighted by Crippen LogP contribution is 2.40. The minimum Gasteiger partial charge on any atom is -0.0707 e. The lowest BCUT2D eigenvalue weighted by molar-refractivity contribution is 0.451. The van der Waals surface area contributed by atoms with Gasteiger partial charge in [0, 0.05) is 0 Å². The molecule has 0 aromatic heterocycles. The molecule has 12 heavy (non-hydrogen) atoms. The average molecular weight is 166 g/mol. The van der Waals surface area contributed by atoms with E-state index < -0.39 is 0 Å². The van der Waals surface area contributed by atoms with Crippen molar-refractivity contribution in [1.29, 1.82) is 0 Å². The normalized spacial score (nSPS) is 23.2. The molecule has 1 aliphatic carbocycles. The number of hydrogen-bond donors (Lipinski definition) is 0. The molecule has 70 valence electrons. The Morgan fingerprint density at radius 2 is 2.08 bits per heavy atom. The molecule has 1 aliphatic rings. The molecule has 0 saturated heterocycles. The van der Waals surface area contributed by atoms with Crippen LogP contribution >= 0.6 is 0 Å². The summed E-state index contributed by atoms with van der Waals surface area (Å²) in [4.78, 5) is 0. The molecule has 0 nitrogen and oxygen atoms in total. The van der Waals surface area contributed by atoms with Gasteiger partial charge in [0.2, 0.25) is 0 Å². The molecule has 1 atom stereocenters. The first kappa shape index (κ1) is 9.83. The van der Waals surface area contributed by atoms with E-state index >= 15 is 0 Å². The predicted molar refractivity (Wildman–Crippen MR) is 55.2 cm³/mol. The lowest BCUT2D eigenvalue weighted by Crippen LogP contribution is -2.17. The van der Waals surface area contributed by atoms with Gasteiger partial charge in [0.05, 0.1) is 0 Å². The zero-order valence-corrected chi connectivity index (χ0v) is 8.98. The Bertz CT molecular complexity index is 174. The monoisotopic (exact) mass is 166 g/mol. The van der Waals surface area contributed by atoms with Crippen LogP contribution < -0.4 is 0 Å². The fourth-order valence-electron chi connectivity index (χ4n) is 2.17. The summed E-state index contributed by atoms with van der Waals surface area (Å²) in [5, 5.41) is 0. The Morgan fingerprint density at radius 3 is 2.50 bits per heavy atom. The van der Waals surface area contributed by atoms with Crippen LogP contribution in [0.1, 0.15) is 53.4 Å². The third kappa shape index (κ3) is 2.12. The lowest BCUT2D eigenvalue weighted by Gasteiger charge is -2.32. The summed E-state index contributed by atoms with van der Waals surface area (Å²) in [5.41, 5.74) is 3.47. The van der Waals surface area contributed by atoms with Crippen molar-refractivity contribution in [3.05, 3.63) is 11.1 Å². The molecule has 0 aliphatic heterocycles. The molecule has 0 N–H and O–H groups in total. The van der Waals surface area contributed by atoms with Crippen molar-refractivity contribution in [2.24, 2.45) is 11.8 Å². The second-order valence-corrected chi connectivity index (χ2v) is 4.57. The smallest absolute Gasteiger partial charge is 0.0166 e. The van der Waals surface area contributed by atoms with E-state index in [2.05, 4.69) is 27.7 Å². The van der Waals surface area contributed by atoms with Gasteiger partial charge in [0.15, 0.2) is 0 Å². The highest BCUT2D eigenvalue weighted by atomic mass is 14.3. The second kappa shape index (κ2) is 4.11. The maximum Gasteiger partial charge on any atom is -0.0166 e. The van der Waals surface area contributed by atoms with Gasteiger partial charge in [0.25, 0.3) is 0 Å². The summed E-state index contributed by atoms with van der Waals surface area (Å²) in [7, 11) is 0. The Labute approximate surface area is 77.1 Å². The van der Waals surface area contributed by atoms with Gasteiger partial charge in [-0.05, 0) is 38.0 Å². The minimum absolute atomic E-state index is 0.845. The molecule has 0 spiro atoms. The summed E-state index contributed by atoms with van der Waals surface area (Å²) in [6.07, 6.45) is 5.49. The SMILES string of the molecule is CCCC1CC(CC(C)C)=C1C. The first-order valence-electron chi connectivity index (χ1n) is 5.33. The van der Waals surface area contributed by atoms with Crippen molar-refractivity contribution < 1.29 is 0 Å². The lowest BCUT2D eigenvalue weighted by atomic mass is 9.73. The first-order chi connectivity index (χ1) is 5.65. The van der Waals surface area contributed by atoms with Crippen molar-refractivity contribution in [3.63, 3.8) is 0 Å². The van der Waals surface area contributed by atoms with Gasteiger partial charge >= 0.3 is 0 Å². The third-order valence-corrected chi connectivity index (χ3v) is 2.95. The van der Waals surface area contributed by atoms with Gasteiger partial charge in [-0.2, -0.15) is 0 Å². The van der Waals surface area contributed by atoms with Crippen molar-refractivity contribution in [3.8, 4) is 0 Å². The molecular weight excluding hydrogens is 144 g/mol. The number of hydrogen-bond acceptors (Lipinski definition) is 0. The van der Waals surface area contributed by atoms with Gasteiger partial charge in [0.1, 0.15) is 0 Å². The summed E-state index contributed by atoms with van der Waals surface area (Å²) >= 11 is 0. The van der Waals surface area contributed by atoms with Crippen LogP contribution in [0.15, 0.2) is 11.1 Å². The molecule has 0 bridgehead atoms. The Balaban J connectivity index is 2.39.